The van der Waals surface area contributed by atoms with Crippen LogP contribution in [0.15, 0.2) is 24.3 Å². The molecule has 1 N–H and O–H groups in total. The standard InChI is InChI=1S/C21H32O5/c1-15(2)21(6,14-20(3,4)5)19(24)26-12-11-25-13-16-7-9-17(10-8-16)18(22)23/h7-10,15H,11-14H2,1-6H3,(H,22,23). The van der Waals surface area contributed by atoms with Gasteiger partial charge >= 0.3 is 11.9 Å². The van der Waals surface area contributed by atoms with Gasteiger partial charge in [0.25, 0.3) is 0 Å². The summed E-state index contributed by atoms with van der Waals surface area (Å²) in [5.41, 5.74) is 0.636. The van der Waals surface area contributed by atoms with Crippen LogP contribution in [0.3, 0.4) is 0 Å². The first-order valence-electron chi connectivity index (χ1n) is 9.03. The minimum Gasteiger partial charge on any atom is -0.478 e. The molecule has 1 unspecified atom stereocenters. The first-order valence-corrected chi connectivity index (χ1v) is 9.03. The van der Waals surface area contributed by atoms with E-state index in [0.29, 0.717) is 13.2 Å². The van der Waals surface area contributed by atoms with Gasteiger partial charge in [-0.15, -0.1) is 0 Å². The molecule has 0 fully saturated rings. The Hall–Kier alpha value is -1.88. The van der Waals surface area contributed by atoms with Gasteiger partial charge in [0.2, 0.25) is 0 Å². The van der Waals surface area contributed by atoms with E-state index in [1.54, 1.807) is 24.3 Å². The lowest BCUT2D eigenvalue weighted by atomic mass is 9.69. The van der Waals surface area contributed by atoms with Crippen LogP contribution in [0.5, 0.6) is 0 Å². The van der Waals surface area contributed by atoms with E-state index in [1.807, 2.05) is 20.8 Å². The minimum atomic E-state index is -0.951. The van der Waals surface area contributed by atoms with Crippen molar-refractivity contribution in [3.63, 3.8) is 0 Å². The number of carbonyl (C=O) groups excluding carboxylic acids is 1. The van der Waals surface area contributed by atoms with Crippen LogP contribution in [0.2, 0.25) is 0 Å². The maximum absolute atomic E-state index is 12.6. The summed E-state index contributed by atoms with van der Waals surface area (Å²) < 4.78 is 11.0. The van der Waals surface area contributed by atoms with Crippen LogP contribution in [0.1, 0.15) is 63.9 Å². The highest BCUT2D eigenvalue weighted by Crippen LogP contribution is 2.40. The highest BCUT2D eigenvalue weighted by molar-refractivity contribution is 5.87. The molecule has 0 radical (unpaired) electrons. The van der Waals surface area contributed by atoms with E-state index in [1.165, 1.54) is 0 Å². The molecule has 0 heterocycles. The van der Waals surface area contributed by atoms with Crippen molar-refractivity contribution in [2.45, 2.75) is 54.6 Å². The van der Waals surface area contributed by atoms with E-state index < -0.39 is 11.4 Å². The van der Waals surface area contributed by atoms with E-state index in [4.69, 9.17) is 14.6 Å². The Morgan fingerprint density at radius 2 is 1.62 bits per heavy atom. The quantitative estimate of drug-likeness (QED) is 0.514. The Morgan fingerprint density at radius 1 is 1.04 bits per heavy atom. The summed E-state index contributed by atoms with van der Waals surface area (Å²) in [6.07, 6.45) is 0.757. The van der Waals surface area contributed by atoms with Gasteiger partial charge in [-0.05, 0) is 42.4 Å². The normalized spacial score (nSPS) is 14.1. The van der Waals surface area contributed by atoms with Crippen LogP contribution in [0.4, 0.5) is 0 Å². The molecule has 0 aliphatic heterocycles. The van der Waals surface area contributed by atoms with Gasteiger partial charge in [-0.3, -0.25) is 4.79 Å². The average molecular weight is 364 g/mol. The van der Waals surface area contributed by atoms with Gasteiger partial charge in [-0.1, -0.05) is 46.8 Å². The lowest BCUT2D eigenvalue weighted by Crippen LogP contribution is -2.39. The van der Waals surface area contributed by atoms with Crippen LogP contribution >= 0.6 is 0 Å². The Morgan fingerprint density at radius 3 is 2.08 bits per heavy atom. The molecule has 0 spiro atoms. The smallest absolute Gasteiger partial charge is 0.335 e. The molecular weight excluding hydrogens is 332 g/mol. The topological polar surface area (TPSA) is 72.8 Å². The van der Waals surface area contributed by atoms with Crippen molar-refractivity contribution in [2.24, 2.45) is 16.7 Å². The molecule has 0 aliphatic rings. The van der Waals surface area contributed by atoms with Crippen LogP contribution < -0.4 is 0 Å². The van der Waals surface area contributed by atoms with Crippen molar-refractivity contribution in [1.29, 1.82) is 0 Å². The molecule has 26 heavy (non-hydrogen) atoms. The number of carboxylic acid groups (broad SMARTS) is 1. The van der Waals surface area contributed by atoms with Gasteiger partial charge in [0.15, 0.2) is 0 Å². The third-order valence-electron chi connectivity index (χ3n) is 4.57. The largest absolute Gasteiger partial charge is 0.478 e. The molecule has 0 amide bonds. The molecule has 1 aromatic carbocycles. The fourth-order valence-electron chi connectivity index (χ4n) is 2.91. The lowest BCUT2D eigenvalue weighted by Gasteiger charge is -2.36. The van der Waals surface area contributed by atoms with Gasteiger partial charge in [0, 0.05) is 0 Å². The molecule has 1 rings (SSSR count). The van der Waals surface area contributed by atoms with Gasteiger partial charge in [-0.2, -0.15) is 0 Å². The minimum absolute atomic E-state index is 0.0383. The molecule has 0 saturated carbocycles. The number of hydrogen-bond acceptors (Lipinski definition) is 4. The zero-order valence-corrected chi connectivity index (χ0v) is 16.8. The maximum atomic E-state index is 12.6. The second kappa shape index (κ2) is 9.17. The molecule has 0 aromatic heterocycles. The number of ether oxygens (including phenoxy) is 2. The first-order chi connectivity index (χ1) is 12.0. The molecule has 1 atom stereocenters. The average Bonchev–Trinajstić information content (AvgIpc) is 2.52. The van der Waals surface area contributed by atoms with Crippen LogP contribution in [0, 0.1) is 16.7 Å². The van der Waals surface area contributed by atoms with E-state index in [9.17, 15) is 9.59 Å². The van der Waals surface area contributed by atoms with Gasteiger partial charge in [-0.25, -0.2) is 4.79 Å². The predicted octanol–water partition coefficient (Wildman–Crippen LogP) is 4.54. The zero-order chi connectivity index (χ0) is 20.0. The molecule has 1 aromatic rings. The molecular formula is C21H32O5. The zero-order valence-electron chi connectivity index (χ0n) is 16.8. The van der Waals surface area contributed by atoms with Crippen molar-refractivity contribution >= 4 is 11.9 Å². The predicted molar refractivity (Wildman–Crippen MR) is 101 cm³/mol. The van der Waals surface area contributed by atoms with E-state index in [-0.39, 0.29) is 29.5 Å². The lowest BCUT2D eigenvalue weighted by molar-refractivity contribution is -0.161. The fraction of sp³-hybridized carbons (Fsp3) is 0.619. The van der Waals surface area contributed by atoms with Crippen molar-refractivity contribution in [3.8, 4) is 0 Å². The Bertz CT molecular complexity index is 598. The maximum Gasteiger partial charge on any atom is 0.335 e. The Balaban J connectivity index is 2.44. The van der Waals surface area contributed by atoms with Gasteiger partial charge < -0.3 is 14.6 Å². The number of benzene rings is 1. The number of carbonyl (C=O) groups is 2. The summed E-state index contributed by atoms with van der Waals surface area (Å²) in [6, 6.07) is 6.52. The third kappa shape index (κ3) is 6.79. The molecule has 0 aliphatic carbocycles. The highest BCUT2D eigenvalue weighted by Gasteiger charge is 2.41. The van der Waals surface area contributed by atoms with E-state index in [0.717, 1.165) is 12.0 Å². The van der Waals surface area contributed by atoms with Gasteiger partial charge in [0.05, 0.1) is 24.2 Å². The van der Waals surface area contributed by atoms with Crippen LogP contribution in [-0.2, 0) is 20.9 Å². The summed E-state index contributed by atoms with van der Waals surface area (Å²) in [5.74, 6) is -0.951. The second-order valence-corrected chi connectivity index (χ2v) is 8.50. The molecule has 146 valence electrons. The highest BCUT2D eigenvalue weighted by atomic mass is 16.6. The molecule has 5 heteroatoms. The number of rotatable bonds is 9. The summed E-state index contributed by atoms with van der Waals surface area (Å²) in [7, 11) is 0. The van der Waals surface area contributed by atoms with Crippen molar-refractivity contribution in [3.05, 3.63) is 35.4 Å². The monoisotopic (exact) mass is 364 g/mol. The van der Waals surface area contributed by atoms with Crippen LogP contribution in [0.25, 0.3) is 0 Å². The Labute approximate surface area is 156 Å². The van der Waals surface area contributed by atoms with E-state index in [2.05, 4.69) is 20.8 Å². The Kier molecular flexibility index (Phi) is 7.82. The molecule has 0 saturated heterocycles. The van der Waals surface area contributed by atoms with Crippen molar-refractivity contribution in [2.75, 3.05) is 13.2 Å². The number of aromatic carboxylic acids is 1. The SMILES string of the molecule is CC(C)C(C)(CC(C)(C)C)C(=O)OCCOCc1ccc(C(=O)O)cc1. The number of esters is 1. The first kappa shape index (κ1) is 22.2. The number of carboxylic acids is 1. The third-order valence-corrected chi connectivity index (χ3v) is 4.57. The van der Waals surface area contributed by atoms with Crippen molar-refractivity contribution < 1.29 is 24.2 Å². The summed E-state index contributed by atoms with van der Waals surface area (Å²) in [4.78, 5) is 23.4. The fourth-order valence-corrected chi connectivity index (χ4v) is 2.91. The number of hydrogen-bond donors (Lipinski definition) is 1. The van der Waals surface area contributed by atoms with Crippen LogP contribution in [-0.4, -0.2) is 30.3 Å². The van der Waals surface area contributed by atoms with Gasteiger partial charge in [0.1, 0.15) is 6.61 Å². The molecule has 0 bridgehead atoms. The molecule has 5 nitrogen and oxygen atoms in total. The second-order valence-electron chi connectivity index (χ2n) is 8.50. The summed E-state index contributed by atoms with van der Waals surface area (Å²) in [5, 5.41) is 8.87. The van der Waals surface area contributed by atoms with Crippen molar-refractivity contribution in [1.82, 2.24) is 0 Å². The summed E-state index contributed by atoms with van der Waals surface area (Å²) in [6.45, 7) is 13.3. The summed E-state index contributed by atoms with van der Waals surface area (Å²) >= 11 is 0. The van der Waals surface area contributed by atoms with E-state index >= 15 is 0 Å².